The minimum Gasteiger partial charge on any atom is -0.368 e. The summed E-state index contributed by atoms with van der Waals surface area (Å²) in [6.07, 6.45) is 2.19. The topological polar surface area (TPSA) is 65.5 Å². The third-order valence-electron chi connectivity index (χ3n) is 5.21. The van der Waals surface area contributed by atoms with Gasteiger partial charge in [-0.15, -0.1) is 11.3 Å². The van der Waals surface area contributed by atoms with Crippen molar-refractivity contribution in [3.63, 3.8) is 0 Å². The number of halogens is 1. The van der Waals surface area contributed by atoms with Crippen LogP contribution in [0.1, 0.15) is 24.1 Å². The molecule has 2 fully saturated rings. The van der Waals surface area contributed by atoms with Crippen molar-refractivity contribution >= 4 is 45.6 Å². The number of hydrogen-bond acceptors (Lipinski definition) is 5. The molecule has 148 valence electrons. The fourth-order valence-corrected chi connectivity index (χ4v) is 4.26. The predicted molar refractivity (Wildman–Crippen MR) is 112 cm³/mol. The van der Waals surface area contributed by atoms with E-state index < -0.39 is 0 Å². The van der Waals surface area contributed by atoms with Crippen molar-refractivity contribution in [1.29, 1.82) is 0 Å². The van der Waals surface area contributed by atoms with E-state index in [9.17, 15) is 9.59 Å². The Hall–Kier alpha value is -2.12. The smallest absolute Gasteiger partial charge is 0.229 e. The van der Waals surface area contributed by atoms with Crippen LogP contribution in [0.15, 0.2) is 23.6 Å². The van der Waals surface area contributed by atoms with Gasteiger partial charge in [0, 0.05) is 48.2 Å². The van der Waals surface area contributed by atoms with Crippen molar-refractivity contribution in [3.05, 3.63) is 39.9 Å². The molecule has 2 heterocycles. The molecular weight excluding hydrogens is 396 g/mol. The lowest BCUT2D eigenvalue weighted by molar-refractivity contribution is -0.130. The molecule has 1 aromatic carbocycles. The van der Waals surface area contributed by atoms with E-state index in [0.717, 1.165) is 36.6 Å². The Morgan fingerprint density at radius 2 is 2.00 bits per heavy atom. The first-order valence-corrected chi connectivity index (χ1v) is 10.8. The van der Waals surface area contributed by atoms with E-state index in [1.54, 1.807) is 0 Å². The van der Waals surface area contributed by atoms with Crippen molar-refractivity contribution in [1.82, 2.24) is 9.88 Å². The molecule has 6 nitrogen and oxygen atoms in total. The van der Waals surface area contributed by atoms with Crippen molar-refractivity contribution in [2.45, 2.75) is 26.2 Å². The fraction of sp³-hybridized carbons (Fsp3) is 0.450. The number of nitrogens with zero attached hydrogens (tertiary/aromatic N) is 3. The number of nitrogens with one attached hydrogen (secondary N) is 1. The maximum atomic E-state index is 12.6. The lowest BCUT2D eigenvalue weighted by Gasteiger charge is -2.36. The first-order chi connectivity index (χ1) is 13.5. The van der Waals surface area contributed by atoms with Gasteiger partial charge in [0.05, 0.1) is 12.1 Å². The molecule has 0 unspecified atom stereocenters. The highest BCUT2D eigenvalue weighted by molar-refractivity contribution is 7.13. The largest absolute Gasteiger partial charge is 0.368 e. The van der Waals surface area contributed by atoms with Crippen LogP contribution in [-0.2, 0) is 16.0 Å². The van der Waals surface area contributed by atoms with Crippen LogP contribution >= 0.6 is 22.9 Å². The van der Waals surface area contributed by atoms with Crippen molar-refractivity contribution in [2.75, 3.05) is 36.4 Å². The summed E-state index contributed by atoms with van der Waals surface area (Å²) in [7, 11) is 0. The van der Waals surface area contributed by atoms with Gasteiger partial charge in [-0.05, 0) is 37.5 Å². The highest BCUT2D eigenvalue weighted by atomic mass is 35.5. The number of amides is 2. The molecule has 0 atom stereocenters. The van der Waals surface area contributed by atoms with E-state index in [4.69, 9.17) is 11.6 Å². The molecule has 28 heavy (non-hydrogen) atoms. The summed E-state index contributed by atoms with van der Waals surface area (Å²) in [4.78, 5) is 33.0. The quantitative estimate of drug-likeness (QED) is 0.808. The molecule has 1 aliphatic heterocycles. The maximum Gasteiger partial charge on any atom is 0.229 e. The molecule has 1 aromatic heterocycles. The van der Waals surface area contributed by atoms with Gasteiger partial charge in [0.1, 0.15) is 0 Å². The first kappa shape index (κ1) is 19.2. The fourth-order valence-electron chi connectivity index (χ4n) is 3.39. The first-order valence-electron chi connectivity index (χ1n) is 9.54. The molecule has 2 amide bonds. The number of anilines is 2. The van der Waals surface area contributed by atoms with Crippen LogP contribution in [0.25, 0.3) is 0 Å². The number of carbonyl (C=O) groups excluding carboxylic acids is 2. The molecule has 1 saturated heterocycles. The number of aryl methyl sites for hydroxylation is 1. The Kier molecular flexibility index (Phi) is 5.55. The van der Waals surface area contributed by atoms with Gasteiger partial charge in [-0.2, -0.15) is 0 Å². The molecule has 0 radical (unpaired) electrons. The summed E-state index contributed by atoms with van der Waals surface area (Å²) in [5, 5.41) is 6.00. The summed E-state index contributed by atoms with van der Waals surface area (Å²) in [6, 6.07) is 5.91. The average Bonchev–Trinajstić information content (AvgIpc) is 3.46. The van der Waals surface area contributed by atoms with E-state index in [2.05, 4.69) is 22.1 Å². The lowest BCUT2D eigenvalue weighted by atomic mass is 10.1. The Labute approximate surface area is 173 Å². The highest BCUT2D eigenvalue weighted by Crippen LogP contribution is 2.31. The molecule has 2 aromatic rings. The molecule has 4 rings (SSSR count). The van der Waals surface area contributed by atoms with Gasteiger partial charge in [-0.3, -0.25) is 9.59 Å². The molecule has 1 saturated carbocycles. The van der Waals surface area contributed by atoms with Gasteiger partial charge in [0.15, 0.2) is 5.13 Å². The Balaban J connectivity index is 1.30. The monoisotopic (exact) mass is 418 g/mol. The van der Waals surface area contributed by atoms with Crippen LogP contribution in [-0.4, -0.2) is 47.9 Å². The van der Waals surface area contributed by atoms with E-state index in [-0.39, 0.29) is 24.2 Å². The van der Waals surface area contributed by atoms with Crippen molar-refractivity contribution < 1.29 is 9.59 Å². The predicted octanol–water partition coefficient (Wildman–Crippen LogP) is 3.34. The minimum absolute atomic E-state index is 0.0413. The van der Waals surface area contributed by atoms with E-state index in [0.29, 0.717) is 23.9 Å². The van der Waals surface area contributed by atoms with Gasteiger partial charge in [-0.25, -0.2) is 4.98 Å². The zero-order valence-electron chi connectivity index (χ0n) is 15.8. The second-order valence-electron chi connectivity index (χ2n) is 7.38. The number of rotatable bonds is 5. The minimum atomic E-state index is 0.0413. The molecule has 1 N–H and O–H groups in total. The number of benzene rings is 1. The average molecular weight is 419 g/mol. The third-order valence-corrected chi connectivity index (χ3v) is 6.25. The van der Waals surface area contributed by atoms with Crippen LogP contribution in [0.4, 0.5) is 10.8 Å². The van der Waals surface area contributed by atoms with E-state index in [1.165, 1.54) is 16.9 Å². The summed E-state index contributed by atoms with van der Waals surface area (Å²) < 4.78 is 0. The van der Waals surface area contributed by atoms with Gasteiger partial charge >= 0.3 is 0 Å². The van der Waals surface area contributed by atoms with E-state index >= 15 is 0 Å². The summed E-state index contributed by atoms with van der Waals surface area (Å²) in [5.41, 5.74) is 3.04. The van der Waals surface area contributed by atoms with Crippen molar-refractivity contribution in [2.24, 2.45) is 5.92 Å². The number of carbonyl (C=O) groups is 2. The summed E-state index contributed by atoms with van der Waals surface area (Å²) >= 11 is 7.51. The number of aromatic nitrogens is 1. The van der Waals surface area contributed by atoms with Gasteiger partial charge in [-0.1, -0.05) is 17.7 Å². The molecule has 0 spiro atoms. The molecule has 8 heteroatoms. The molecular formula is C20H23ClN4O2S. The standard InChI is InChI=1S/C20H23ClN4O2S/c1-13-2-5-15(21)10-17(13)24-6-8-25(9-7-24)18(26)11-16-12-28-20(22-16)23-19(27)14-3-4-14/h2,5,10,12,14H,3-4,6-9,11H2,1H3,(H,22,23,27). The lowest BCUT2D eigenvalue weighted by Crippen LogP contribution is -2.49. The van der Waals surface area contributed by atoms with Gasteiger partial charge < -0.3 is 15.1 Å². The van der Waals surface area contributed by atoms with Gasteiger partial charge in [0.2, 0.25) is 11.8 Å². The highest BCUT2D eigenvalue weighted by Gasteiger charge is 2.30. The SMILES string of the molecule is Cc1ccc(Cl)cc1N1CCN(C(=O)Cc2csc(NC(=O)C3CC3)n2)CC1. The second-order valence-corrected chi connectivity index (χ2v) is 8.68. The molecule has 0 bridgehead atoms. The zero-order valence-corrected chi connectivity index (χ0v) is 17.4. The normalized spacial score (nSPS) is 16.9. The molecule has 1 aliphatic carbocycles. The third kappa shape index (κ3) is 4.47. The number of thiazole rings is 1. The van der Waals surface area contributed by atoms with Crippen LogP contribution in [0, 0.1) is 12.8 Å². The molecule has 2 aliphatic rings. The Morgan fingerprint density at radius 3 is 2.71 bits per heavy atom. The second kappa shape index (κ2) is 8.09. The maximum absolute atomic E-state index is 12.6. The number of hydrogen-bond donors (Lipinski definition) is 1. The zero-order chi connectivity index (χ0) is 19.7. The summed E-state index contributed by atoms with van der Waals surface area (Å²) in [6.45, 7) is 5.00. The van der Waals surface area contributed by atoms with E-state index in [1.807, 2.05) is 28.5 Å². The number of piperazine rings is 1. The summed E-state index contributed by atoms with van der Waals surface area (Å²) in [5.74, 6) is 0.265. The van der Waals surface area contributed by atoms with Crippen LogP contribution < -0.4 is 10.2 Å². The Bertz CT molecular complexity index is 888. The Morgan fingerprint density at radius 1 is 1.25 bits per heavy atom. The van der Waals surface area contributed by atoms with Crippen LogP contribution in [0.3, 0.4) is 0 Å². The van der Waals surface area contributed by atoms with Crippen molar-refractivity contribution in [3.8, 4) is 0 Å². The van der Waals surface area contributed by atoms with Crippen LogP contribution in [0.5, 0.6) is 0 Å². The van der Waals surface area contributed by atoms with Gasteiger partial charge in [0.25, 0.3) is 0 Å². The van der Waals surface area contributed by atoms with Crippen LogP contribution in [0.2, 0.25) is 5.02 Å².